The third-order valence-electron chi connectivity index (χ3n) is 3.73. The molecule has 0 radical (unpaired) electrons. The lowest BCUT2D eigenvalue weighted by atomic mass is 10.2. The van der Waals surface area contributed by atoms with E-state index in [1.165, 1.54) is 12.0 Å². The van der Waals surface area contributed by atoms with Crippen LogP contribution in [-0.2, 0) is 17.7 Å². The fraction of sp³-hybridized carbons (Fsp3) is 0.444. The molecule has 0 unspecified atom stereocenters. The van der Waals surface area contributed by atoms with Crippen molar-refractivity contribution in [3.05, 3.63) is 45.5 Å². The molecule has 0 spiro atoms. The lowest BCUT2D eigenvalue weighted by molar-refractivity contribution is 0.0599. The predicted molar refractivity (Wildman–Crippen MR) is 100 cm³/mol. The Bertz CT molecular complexity index is 707. The topological polar surface area (TPSA) is 67.1 Å². The van der Waals surface area contributed by atoms with E-state index in [9.17, 15) is 4.79 Å². The average molecular weight is 363 g/mol. The number of nitrogens with zero attached hydrogens (tertiary/aromatic N) is 2. The Morgan fingerprint density at radius 2 is 2.28 bits per heavy atom. The molecule has 0 aliphatic heterocycles. The van der Waals surface area contributed by atoms with Gasteiger partial charge in [0.05, 0.1) is 7.11 Å². The van der Waals surface area contributed by atoms with Crippen molar-refractivity contribution in [1.82, 2.24) is 10.2 Å². The minimum Gasteiger partial charge on any atom is -0.465 e. The SMILES string of the molecule is CCNC(=NCc1cc(C(=O)OC)c(C)o1)N(C)CCc1cccs1. The summed E-state index contributed by atoms with van der Waals surface area (Å²) < 4.78 is 10.4. The highest BCUT2D eigenvalue weighted by atomic mass is 32.1. The largest absolute Gasteiger partial charge is 0.465 e. The molecule has 0 aromatic carbocycles. The van der Waals surface area contributed by atoms with Crippen LogP contribution in [0.5, 0.6) is 0 Å². The Kier molecular flexibility index (Phi) is 7.06. The lowest BCUT2D eigenvalue weighted by Crippen LogP contribution is -2.39. The number of aryl methyl sites for hydroxylation is 1. The van der Waals surface area contributed by atoms with Gasteiger partial charge in [0.25, 0.3) is 0 Å². The van der Waals surface area contributed by atoms with Gasteiger partial charge in [-0.15, -0.1) is 11.3 Å². The molecule has 0 fully saturated rings. The summed E-state index contributed by atoms with van der Waals surface area (Å²) in [5.74, 6) is 1.61. The fourth-order valence-corrected chi connectivity index (χ4v) is 3.09. The van der Waals surface area contributed by atoms with E-state index < -0.39 is 5.97 Å². The molecule has 2 heterocycles. The average Bonchev–Trinajstić information content (AvgIpc) is 3.25. The number of carbonyl (C=O) groups is 1. The number of hydrogen-bond acceptors (Lipinski definition) is 5. The second-order valence-corrected chi connectivity index (χ2v) is 6.63. The third kappa shape index (κ3) is 5.35. The standard InChI is InChI=1S/C18H25N3O3S/c1-5-19-18(21(3)9-8-15-7-6-10-25-15)20-12-14-11-16(13(2)24-14)17(22)23-4/h6-7,10-11H,5,8-9,12H2,1-4H3,(H,19,20). The van der Waals surface area contributed by atoms with E-state index in [1.807, 2.05) is 14.0 Å². The molecular weight excluding hydrogens is 338 g/mol. The maximum atomic E-state index is 11.7. The summed E-state index contributed by atoms with van der Waals surface area (Å²) in [6.45, 7) is 5.81. The van der Waals surface area contributed by atoms with E-state index >= 15 is 0 Å². The molecule has 1 N–H and O–H groups in total. The molecule has 0 atom stereocenters. The number of carbonyl (C=O) groups excluding carboxylic acids is 1. The van der Waals surface area contributed by atoms with Crippen LogP contribution in [0.4, 0.5) is 0 Å². The minimum absolute atomic E-state index is 0.365. The van der Waals surface area contributed by atoms with Crippen LogP contribution in [-0.4, -0.2) is 44.1 Å². The molecule has 0 saturated carbocycles. The highest BCUT2D eigenvalue weighted by Crippen LogP contribution is 2.16. The van der Waals surface area contributed by atoms with E-state index in [2.05, 4.69) is 32.7 Å². The van der Waals surface area contributed by atoms with Crippen LogP contribution < -0.4 is 5.32 Å². The molecule has 25 heavy (non-hydrogen) atoms. The van der Waals surface area contributed by atoms with Gasteiger partial charge >= 0.3 is 5.97 Å². The van der Waals surface area contributed by atoms with Crippen LogP contribution in [0.15, 0.2) is 33.0 Å². The van der Waals surface area contributed by atoms with Gasteiger partial charge in [0, 0.05) is 25.0 Å². The number of guanidine groups is 1. The molecule has 6 nitrogen and oxygen atoms in total. The van der Waals surface area contributed by atoms with E-state index in [4.69, 9.17) is 9.15 Å². The molecule has 0 aliphatic rings. The number of aliphatic imine (C=N–C) groups is 1. The summed E-state index contributed by atoms with van der Waals surface area (Å²) in [5.41, 5.74) is 0.448. The Morgan fingerprint density at radius 3 is 2.92 bits per heavy atom. The summed E-state index contributed by atoms with van der Waals surface area (Å²) in [5, 5.41) is 5.37. The van der Waals surface area contributed by atoms with Crippen LogP contribution in [0.2, 0.25) is 0 Å². The summed E-state index contributed by atoms with van der Waals surface area (Å²) in [7, 11) is 3.38. The molecule has 0 bridgehead atoms. The number of ether oxygens (including phenoxy) is 1. The van der Waals surface area contributed by atoms with Crippen molar-refractivity contribution in [2.24, 2.45) is 4.99 Å². The highest BCUT2D eigenvalue weighted by Gasteiger charge is 2.15. The van der Waals surface area contributed by atoms with Crippen molar-refractivity contribution in [3.63, 3.8) is 0 Å². The van der Waals surface area contributed by atoms with Gasteiger partial charge in [0.15, 0.2) is 5.96 Å². The van der Waals surface area contributed by atoms with Gasteiger partial charge in [-0.2, -0.15) is 0 Å². The number of methoxy groups -OCH3 is 1. The van der Waals surface area contributed by atoms with Crippen molar-refractivity contribution in [2.45, 2.75) is 26.8 Å². The molecule has 2 rings (SSSR count). The van der Waals surface area contributed by atoms with Crippen LogP contribution in [0.3, 0.4) is 0 Å². The smallest absolute Gasteiger partial charge is 0.341 e. The van der Waals surface area contributed by atoms with Gasteiger partial charge in [0.1, 0.15) is 23.6 Å². The van der Waals surface area contributed by atoms with Crippen molar-refractivity contribution >= 4 is 23.3 Å². The first-order valence-electron chi connectivity index (χ1n) is 8.24. The van der Waals surface area contributed by atoms with Crippen molar-refractivity contribution in [2.75, 3.05) is 27.2 Å². The molecule has 2 aromatic heterocycles. The van der Waals surface area contributed by atoms with Gasteiger partial charge in [-0.25, -0.2) is 9.79 Å². The predicted octanol–water partition coefficient (Wildman–Crippen LogP) is 3.08. The van der Waals surface area contributed by atoms with E-state index in [0.717, 1.165) is 25.5 Å². The van der Waals surface area contributed by atoms with Crippen molar-refractivity contribution in [3.8, 4) is 0 Å². The van der Waals surface area contributed by atoms with Gasteiger partial charge in [0.2, 0.25) is 0 Å². The Balaban J connectivity index is 2.02. The molecule has 0 amide bonds. The highest BCUT2D eigenvalue weighted by molar-refractivity contribution is 7.09. The van der Waals surface area contributed by atoms with Crippen LogP contribution in [0.25, 0.3) is 0 Å². The molecule has 136 valence electrons. The first-order chi connectivity index (χ1) is 12.0. The normalized spacial score (nSPS) is 11.4. The number of nitrogens with one attached hydrogen (secondary N) is 1. The number of thiophene rings is 1. The summed E-state index contributed by atoms with van der Waals surface area (Å²) in [6, 6.07) is 5.90. The minimum atomic E-state index is -0.392. The number of esters is 1. The number of furan rings is 1. The zero-order valence-corrected chi connectivity index (χ0v) is 16.0. The first kappa shape index (κ1) is 19.1. The second-order valence-electron chi connectivity index (χ2n) is 5.60. The van der Waals surface area contributed by atoms with E-state index in [0.29, 0.717) is 23.6 Å². The third-order valence-corrected chi connectivity index (χ3v) is 4.67. The van der Waals surface area contributed by atoms with Gasteiger partial charge in [-0.05, 0) is 37.8 Å². The zero-order chi connectivity index (χ0) is 18.2. The Morgan fingerprint density at radius 1 is 1.48 bits per heavy atom. The quantitative estimate of drug-likeness (QED) is 0.465. The monoisotopic (exact) mass is 363 g/mol. The molecule has 0 saturated heterocycles. The van der Waals surface area contributed by atoms with E-state index in [1.54, 1.807) is 24.3 Å². The number of likely N-dealkylation sites (N-methyl/N-ethyl adjacent to an activating group) is 1. The zero-order valence-electron chi connectivity index (χ0n) is 15.2. The van der Waals surface area contributed by atoms with Crippen LogP contribution in [0, 0.1) is 6.92 Å². The summed E-state index contributed by atoms with van der Waals surface area (Å²) >= 11 is 1.76. The van der Waals surface area contributed by atoms with E-state index in [-0.39, 0.29) is 0 Å². The van der Waals surface area contributed by atoms with Crippen molar-refractivity contribution < 1.29 is 13.9 Å². The summed E-state index contributed by atoms with van der Waals surface area (Å²) in [4.78, 5) is 19.7. The van der Waals surface area contributed by atoms with Gasteiger partial charge in [-0.3, -0.25) is 0 Å². The number of rotatable bonds is 7. The van der Waals surface area contributed by atoms with Crippen molar-refractivity contribution in [1.29, 1.82) is 0 Å². The Labute approximate surface area is 152 Å². The molecule has 7 heteroatoms. The fourth-order valence-electron chi connectivity index (χ4n) is 2.40. The van der Waals surface area contributed by atoms with Gasteiger partial charge in [-0.1, -0.05) is 6.07 Å². The van der Waals surface area contributed by atoms with Gasteiger partial charge < -0.3 is 19.4 Å². The maximum absolute atomic E-state index is 11.7. The lowest BCUT2D eigenvalue weighted by Gasteiger charge is -2.21. The molecule has 2 aromatic rings. The summed E-state index contributed by atoms with van der Waals surface area (Å²) in [6.07, 6.45) is 0.977. The van der Waals surface area contributed by atoms with Crippen LogP contribution >= 0.6 is 11.3 Å². The van der Waals surface area contributed by atoms with Crippen LogP contribution in [0.1, 0.15) is 33.7 Å². The Hall–Kier alpha value is -2.28. The first-order valence-corrected chi connectivity index (χ1v) is 9.12. The molecular formula is C18H25N3O3S. The maximum Gasteiger partial charge on any atom is 0.341 e. The number of hydrogen-bond donors (Lipinski definition) is 1. The second kappa shape index (κ2) is 9.27. The molecule has 0 aliphatic carbocycles.